The van der Waals surface area contributed by atoms with Gasteiger partial charge in [-0.2, -0.15) is 0 Å². The second kappa shape index (κ2) is 6.11. The summed E-state index contributed by atoms with van der Waals surface area (Å²) in [6, 6.07) is 17.7. The molecular weight excluding hydrogens is 367 g/mol. The van der Waals surface area contributed by atoms with E-state index >= 15 is 0 Å². The molecule has 0 atom stereocenters. The number of halogens is 3. The van der Waals surface area contributed by atoms with E-state index in [1.54, 1.807) is 24.3 Å². The first-order valence-electron chi connectivity index (χ1n) is 6.60. The second-order valence-corrected chi connectivity index (χ2v) is 6.08. The highest BCUT2D eigenvalue weighted by atomic mass is 79.9. The predicted octanol–water partition coefficient (Wildman–Crippen LogP) is 6.28. The van der Waals surface area contributed by atoms with E-state index in [0.29, 0.717) is 5.56 Å². The molecule has 3 aromatic rings. The zero-order valence-corrected chi connectivity index (χ0v) is 13.7. The third-order valence-electron chi connectivity index (χ3n) is 3.41. The van der Waals surface area contributed by atoms with Crippen LogP contribution in [0.4, 0.5) is 4.39 Å². The minimum Gasteiger partial charge on any atom is -0.507 e. The molecule has 0 radical (unpaired) electrons. The molecule has 1 N–H and O–H groups in total. The monoisotopic (exact) mass is 376 g/mol. The Morgan fingerprint density at radius 3 is 2.32 bits per heavy atom. The van der Waals surface area contributed by atoms with Crippen molar-refractivity contribution in [1.29, 1.82) is 0 Å². The smallest absolute Gasteiger partial charge is 0.149 e. The van der Waals surface area contributed by atoms with Gasteiger partial charge in [0.2, 0.25) is 0 Å². The largest absolute Gasteiger partial charge is 0.507 e. The molecule has 0 spiro atoms. The lowest BCUT2D eigenvalue weighted by Gasteiger charge is -2.12. The number of hydrogen-bond acceptors (Lipinski definition) is 1. The van der Waals surface area contributed by atoms with E-state index in [2.05, 4.69) is 15.9 Å². The number of phenolic OH excluding ortho intramolecular Hbond substituents is 1. The van der Waals surface area contributed by atoms with Crippen LogP contribution in [0.3, 0.4) is 0 Å². The molecule has 0 saturated heterocycles. The van der Waals surface area contributed by atoms with Gasteiger partial charge in [-0.15, -0.1) is 0 Å². The van der Waals surface area contributed by atoms with Gasteiger partial charge in [0, 0.05) is 15.6 Å². The fraction of sp³-hybridized carbons (Fsp3) is 0. The highest BCUT2D eigenvalue weighted by molar-refractivity contribution is 9.10. The summed E-state index contributed by atoms with van der Waals surface area (Å²) in [4.78, 5) is 0. The van der Waals surface area contributed by atoms with Crippen LogP contribution >= 0.6 is 27.5 Å². The molecule has 3 aromatic carbocycles. The number of phenols is 1. The Hall–Kier alpha value is -1.84. The average molecular weight is 378 g/mol. The molecule has 0 aliphatic heterocycles. The van der Waals surface area contributed by atoms with Crippen molar-refractivity contribution in [2.24, 2.45) is 0 Å². The number of rotatable bonds is 2. The summed E-state index contributed by atoms with van der Waals surface area (Å²) in [5, 5.41) is 10.3. The molecule has 110 valence electrons. The summed E-state index contributed by atoms with van der Waals surface area (Å²) >= 11 is 9.31. The standard InChI is InChI=1S/C18H11BrClFO/c19-15-9-14(12-7-4-8-16(20)18(12)21)17(22)10-13(15)11-5-2-1-3-6-11/h1-10,22H. The highest BCUT2D eigenvalue weighted by Crippen LogP contribution is 2.40. The van der Waals surface area contributed by atoms with Crippen molar-refractivity contribution in [2.45, 2.75) is 0 Å². The molecular formula is C18H11BrClFO. The molecule has 0 unspecified atom stereocenters. The van der Waals surface area contributed by atoms with E-state index in [0.717, 1.165) is 15.6 Å². The first-order chi connectivity index (χ1) is 10.6. The van der Waals surface area contributed by atoms with E-state index in [1.807, 2.05) is 30.3 Å². The molecule has 0 fully saturated rings. The average Bonchev–Trinajstić information content (AvgIpc) is 2.53. The summed E-state index contributed by atoms with van der Waals surface area (Å²) in [5.74, 6) is -0.540. The molecule has 0 aliphatic rings. The summed E-state index contributed by atoms with van der Waals surface area (Å²) in [7, 11) is 0. The van der Waals surface area contributed by atoms with Crippen molar-refractivity contribution in [1.82, 2.24) is 0 Å². The molecule has 0 bridgehead atoms. The fourth-order valence-electron chi connectivity index (χ4n) is 2.33. The Kier molecular flexibility index (Phi) is 4.19. The maximum Gasteiger partial charge on any atom is 0.149 e. The maximum absolute atomic E-state index is 14.2. The molecule has 4 heteroatoms. The predicted molar refractivity (Wildman–Crippen MR) is 91.6 cm³/mol. The number of hydrogen-bond donors (Lipinski definition) is 1. The minimum absolute atomic E-state index is 0.00298. The van der Waals surface area contributed by atoms with Crippen LogP contribution in [0.5, 0.6) is 5.75 Å². The van der Waals surface area contributed by atoms with Gasteiger partial charge in [-0.05, 0) is 29.3 Å². The van der Waals surface area contributed by atoms with E-state index in [1.165, 1.54) is 6.07 Å². The van der Waals surface area contributed by atoms with Crippen LogP contribution in [-0.4, -0.2) is 5.11 Å². The molecule has 0 amide bonds. The lowest BCUT2D eigenvalue weighted by molar-refractivity contribution is 0.477. The Bertz CT molecular complexity index is 834. The van der Waals surface area contributed by atoms with Crippen molar-refractivity contribution >= 4 is 27.5 Å². The molecule has 0 heterocycles. The molecule has 22 heavy (non-hydrogen) atoms. The summed E-state index contributed by atoms with van der Waals surface area (Å²) < 4.78 is 14.9. The maximum atomic E-state index is 14.2. The van der Waals surface area contributed by atoms with Gasteiger partial charge in [0.25, 0.3) is 0 Å². The molecule has 1 nitrogen and oxygen atoms in total. The Morgan fingerprint density at radius 2 is 1.59 bits per heavy atom. The lowest BCUT2D eigenvalue weighted by atomic mass is 9.99. The van der Waals surface area contributed by atoms with Gasteiger partial charge in [-0.25, -0.2) is 4.39 Å². The summed E-state index contributed by atoms with van der Waals surface area (Å²) in [6.45, 7) is 0. The Labute approximate surface area is 141 Å². The van der Waals surface area contributed by atoms with Gasteiger partial charge < -0.3 is 5.11 Å². The van der Waals surface area contributed by atoms with Gasteiger partial charge in [-0.3, -0.25) is 0 Å². The van der Waals surface area contributed by atoms with Crippen LogP contribution < -0.4 is 0 Å². The topological polar surface area (TPSA) is 20.2 Å². The zero-order chi connectivity index (χ0) is 15.7. The lowest BCUT2D eigenvalue weighted by Crippen LogP contribution is -1.88. The van der Waals surface area contributed by atoms with Crippen LogP contribution in [0.25, 0.3) is 22.3 Å². The zero-order valence-electron chi connectivity index (χ0n) is 11.4. The van der Waals surface area contributed by atoms with Gasteiger partial charge in [-0.1, -0.05) is 70.0 Å². The van der Waals surface area contributed by atoms with E-state index in [9.17, 15) is 9.50 Å². The summed E-state index contributed by atoms with van der Waals surface area (Å²) in [5.41, 5.74) is 2.46. The van der Waals surface area contributed by atoms with Gasteiger partial charge in [0.05, 0.1) is 5.02 Å². The van der Waals surface area contributed by atoms with Crippen LogP contribution in [0.1, 0.15) is 0 Å². The Balaban J connectivity index is 2.17. The highest BCUT2D eigenvalue weighted by Gasteiger charge is 2.15. The SMILES string of the molecule is Oc1cc(-c2ccccc2)c(Br)cc1-c1cccc(Cl)c1F. The quantitative estimate of drug-likeness (QED) is 0.557. The minimum atomic E-state index is -0.543. The third-order valence-corrected chi connectivity index (χ3v) is 4.36. The number of aromatic hydroxyl groups is 1. The van der Waals surface area contributed by atoms with E-state index in [-0.39, 0.29) is 16.3 Å². The van der Waals surface area contributed by atoms with Gasteiger partial charge in [0.15, 0.2) is 0 Å². The number of benzene rings is 3. The molecule has 0 aliphatic carbocycles. The van der Waals surface area contributed by atoms with E-state index < -0.39 is 5.82 Å². The summed E-state index contributed by atoms with van der Waals surface area (Å²) in [6.07, 6.45) is 0. The normalized spacial score (nSPS) is 10.7. The fourth-order valence-corrected chi connectivity index (χ4v) is 3.08. The second-order valence-electron chi connectivity index (χ2n) is 4.82. The van der Waals surface area contributed by atoms with Crippen molar-refractivity contribution in [3.05, 3.63) is 76.0 Å². The van der Waals surface area contributed by atoms with Crippen molar-refractivity contribution in [2.75, 3.05) is 0 Å². The first-order valence-corrected chi connectivity index (χ1v) is 7.77. The van der Waals surface area contributed by atoms with Crippen molar-refractivity contribution in [3.63, 3.8) is 0 Å². The molecule has 3 rings (SSSR count). The van der Waals surface area contributed by atoms with Crippen LogP contribution in [-0.2, 0) is 0 Å². The van der Waals surface area contributed by atoms with Crippen molar-refractivity contribution in [3.8, 4) is 28.0 Å². The van der Waals surface area contributed by atoms with E-state index in [4.69, 9.17) is 11.6 Å². The van der Waals surface area contributed by atoms with Gasteiger partial charge >= 0.3 is 0 Å². The van der Waals surface area contributed by atoms with Crippen LogP contribution in [0.2, 0.25) is 5.02 Å². The third kappa shape index (κ3) is 2.74. The van der Waals surface area contributed by atoms with Crippen LogP contribution in [0, 0.1) is 5.82 Å². The Morgan fingerprint density at radius 1 is 0.864 bits per heavy atom. The molecule has 0 aromatic heterocycles. The molecule has 0 saturated carbocycles. The van der Waals surface area contributed by atoms with Crippen molar-refractivity contribution < 1.29 is 9.50 Å². The first kappa shape index (κ1) is 15.1. The van der Waals surface area contributed by atoms with Crippen LogP contribution in [0.15, 0.2) is 65.1 Å². The van der Waals surface area contributed by atoms with Gasteiger partial charge in [0.1, 0.15) is 11.6 Å².